The van der Waals surface area contributed by atoms with Gasteiger partial charge in [-0.3, -0.25) is 0 Å². The zero-order chi connectivity index (χ0) is 82.8. The molecule has 0 amide bonds. The highest BCUT2D eigenvalue weighted by atomic mass is 16.4. The van der Waals surface area contributed by atoms with Crippen LogP contribution in [0.5, 0.6) is 0 Å². The lowest BCUT2D eigenvalue weighted by Gasteiger charge is -2.12. The second-order valence-corrected chi connectivity index (χ2v) is 29.5. The van der Waals surface area contributed by atoms with Gasteiger partial charge in [0, 0.05) is 69.3 Å². The third kappa shape index (κ3) is 17.1. The molecule has 0 saturated heterocycles. The van der Waals surface area contributed by atoms with Gasteiger partial charge in [0.1, 0.15) is 16.6 Å². The molecular weight excluding hydrogens is 1510 g/mol. The molecule has 0 fully saturated rings. The van der Waals surface area contributed by atoms with Gasteiger partial charge >= 0.3 is 0 Å². The number of aromatic nitrogens is 12. The van der Waals surface area contributed by atoms with Crippen molar-refractivity contribution in [1.82, 2.24) is 59.8 Å². The lowest BCUT2D eigenvalue weighted by Crippen LogP contribution is -2.01. The summed E-state index contributed by atoms with van der Waals surface area (Å²) in [6.07, 6.45) is 2.29. The zero-order valence-corrected chi connectivity index (χ0v) is 67.6. The first kappa shape index (κ1) is 76.7. The van der Waals surface area contributed by atoms with Crippen LogP contribution in [0.1, 0.15) is 38.4 Å². The van der Waals surface area contributed by atoms with E-state index in [1.807, 2.05) is 209 Å². The van der Waals surface area contributed by atoms with E-state index in [2.05, 4.69) is 209 Å². The number of hydrogen-bond acceptors (Lipinski definition) is 15. The van der Waals surface area contributed by atoms with Gasteiger partial charge in [-0.25, -0.2) is 59.8 Å². The molecule has 0 saturated carbocycles. The van der Waals surface area contributed by atoms with Gasteiger partial charge in [-0.2, -0.15) is 0 Å². The van der Waals surface area contributed by atoms with Gasteiger partial charge in [-0.05, 0) is 109 Å². The van der Waals surface area contributed by atoms with E-state index in [0.717, 1.165) is 170 Å². The van der Waals surface area contributed by atoms with Crippen LogP contribution in [0.25, 0.3) is 203 Å². The van der Waals surface area contributed by atoms with E-state index in [1.54, 1.807) is 0 Å². The molecule has 15 aromatic carbocycles. The lowest BCUT2D eigenvalue weighted by molar-refractivity contribution is 0.537. The van der Waals surface area contributed by atoms with Gasteiger partial charge in [0.25, 0.3) is 0 Å². The number of nitrogens with zero attached hydrogens (tertiary/aromatic N) is 12. The highest BCUT2D eigenvalue weighted by Gasteiger charge is 2.21. The van der Waals surface area contributed by atoms with Gasteiger partial charge in [0.15, 0.2) is 86.8 Å². The van der Waals surface area contributed by atoms with Crippen molar-refractivity contribution in [2.24, 2.45) is 0 Å². The standard InChI is InChI=1S/3C36H26N4O/c1-2-33-37-31-23-28(21-22-32(31)41-33)29-15-9-10-16-30(29)36-39-34(26-13-7-4-8-14-26)38-35(40-36)27-19-17-25(18-20-27)24-11-5-3-6-12-24;1-2-33-37-31-23-29(20-21-32(31)41-33)28-14-9-15-30(22-28)36-39-34(26-12-7-4-8-13-26)38-35(40-36)27-18-16-25(17-19-27)24-10-5-3-6-11-24;1-2-33-37-31-23-30(21-22-32(31)41-33)26-15-19-29(20-16-26)36-39-34(27-11-7-4-8-12-27)38-35(40-36)28-17-13-25(14-18-28)24-9-5-3-6-10-24/h3*3-23H,2H2,1H3. The van der Waals surface area contributed by atoms with E-state index >= 15 is 0 Å². The van der Waals surface area contributed by atoms with Crippen LogP contribution >= 0.6 is 0 Å². The largest absolute Gasteiger partial charge is 0.441 e. The van der Waals surface area contributed by atoms with Crippen LogP contribution in [-0.4, -0.2) is 59.8 Å². The quantitative estimate of drug-likeness (QED) is 0.0786. The predicted octanol–water partition coefficient (Wildman–Crippen LogP) is 26.7. The molecule has 15 nitrogen and oxygen atoms in total. The van der Waals surface area contributed by atoms with Crippen LogP contribution in [0.15, 0.2) is 395 Å². The SMILES string of the molecule is CCc1nc2cc(-c3ccc(-c4nc(-c5ccccc5)nc(-c5ccc(-c6ccccc6)cc5)n4)cc3)ccc2o1.CCc1nc2cc(-c3cccc(-c4nc(-c5ccccc5)nc(-c5ccc(-c6ccccc6)cc5)n4)c3)ccc2o1.CCc1nc2cc(-c3ccccc3-c3nc(-c4ccccc4)nc(-c4ccc(-c5ccccc5)cc4)n3)ccc2o1. The Bertz CT molecular complexity index is 7260. The Morgan fingerprint density at radius 3 is 0.683 bits per heavy atom. The van der Waals surface area contributed by atoms with Crippen molar-refractivity contribution >= 4 is 33.3 Å². The van der Waals surface area contributed by atoms with E-state index in [-0.39, 0.29) is 0 Å². The smallest absolute Gasteiger partial charge is 0.195 e. The summed E-state index contributed by atoms with van der Waals surface area (Å²) < 4.78 is 17.4. The predicted molar refractivity (Wildman–Crippen MR) is 492 cm³/mol. The average molecular weight is 1590 g/mol. The first-order valence-corrected chi connectivity index (χ1v) is 41.1. The first-order chi connectivity index (χ1) is 60.7. The molecule has 6 heterocycles. The number of hydrogen-bond donors (Lipinski definition) is 0. The van der Waals surface area contributed by atoms with Crippen molar-refractivity contribution in [1.29, 1.82) is 0 Å². The van der Waals surface area contributed by atoms with Crippen molar-refractivity contribution in [2.45, 2.75) is 40.0 Å². The second-order valence-electron chi connectivity index (χ2n) is 29.5. The number of fused-ring (bicyclic) bond motifs is 3. The third-order valence-electron chi connectivity index (χ3n) is 21.4. The van der Waals surface area contributed by atoms with Crippen LogP contribution < -0.4 is 0 Å². The average Bonchev–Trinajstić information content (AvgIpc) is 1.39. The Morgan fingerprint density at radius 1 is 0.154 bits per heavy atom. The molecule has 6 aromatic heterocycles. The van der Waals surface area contributed by atoms with Crippen molar-refractivity contribution in [3.05, 3.63) is 400 Å². The molecule has 0 N–H and O–H groups in total. The molecule has 0 atom stereocenters. The topological polar surface area (TPSA) is 194 Å². The molecule has 123 heavy (non-hydrogen) atoms. The van der Waals surface area contributed by atoms with Crippen LogP contribution in [0.4, 0.5) is 0 Å². The Kier molecular flexibility index (Phi) is 21.9. The third-order valence-corrected chi connectivity index (χ3v) is 21.4. The van der Waals surface area contributed by atoms with Crippen molar-refractivity contribution < 1.29 is 13.3 Å². The van der Waals surface area contributed by atoms with Crippen LogP contribution in [0.2, 0.25) is 0 Å². The summed E-state index contributed by atoms with van der Waals surface area (Å²) in [5.41, 5.74) is 26.7. The van der Waals surface area contributed by atoms with Gasteiger partial charge in [0.2, 0.25) is 0 Å². The molecule has 588 valence electrons. The van der Waals surface area contributed by atoms with Gasteiger partial charge in [-0.15, -0.1) is 0 Å². The summed E-state index contributed by atoms with van der Waals surface area (Å²) in [4.78, 5) is 58.2. The molecule has 0 aliphatic heterocycles. The number of benzene rings is 15. The van der Waals surface area contributed by atoms with E-state index in [4.69, 9.17) is 58.1 Å². The van der Waals surface area contributed by atoms with Crippen molar-refractivity contribution in [3.8, 4) is 169 Å². The maximum absolute atomic E-state index is 5.84. The van der Waals surface area contributed by atoms with E-state index in [0.29, 0.717) is 52.4 Å². The van der Waals surface area contributed by atoms with Crippen molar-refractivity contribution in [2.75, 3.05) is 0 Å². The molecule has 0 spiro atoms. The minimum atomic E-state index is 0.617. The molecular formula is C108H78N12O3. The maximum Gasteiger partial charge on any atom is 0.195 e. The van der Waals surface area contributed by atoms with E-state index < -0.39 is 0 Å². The van der Waals surface area contributed by atoms with Gasteiger partial charge in [0.05, 0.1) is 0 Å². The normalized spacial score (nSPS) is 11.1. The molecule has 0 unspecified atom stereocenters. The van der Waals surface area contributed by atoms with Gasteiger partial charge in [-0.1, -0.05) is 360 Å². The van der Waals surface area contributed by atoms with E-state index in [9.17, 15) is 0 Å². The highest BCUT2D eigenvalue weighted by molar-refractivity contribution is 5.89. The summed E-state index contributed by atoms with van der Waals surface area (Å²) in [7, 11) is 0. The zero-order valence-electron chi connectivity index (χ0n) is 67.6. The molecule has 21 rings (SSSR count). The van der Waals surface area contributed by atoms with Crippen LogP contribution in [-0.2, 0) is 19.3 Å². The van der Waals surface area contributed by atoms with Crippen LogP contribution in [0, 0.1) is 0 Å². The molecule has 21 aromatic rings. The molecule has 0 aliphatic rings. The van der Waals surface area contributed by atoms with Crippen LogP contribution in [0.3, 0.4) is 0 Å². The Balaban J connectivity index is 0.000000121. The summed E-state index contributed by atoms with van der Waals surface area (Å²) in [6, 6.07) is 129. The Morgan fingerprint density at radius 2 is 0.358 bits per heavy atom. The highest BCUT2D eigenvalue weighted by Crippen LogP contribution is 2.38. The second kappa shape index (κ2) is 35.1. The summed E-state index contributed by atoms with van der Waals surface area (Å²) in [5, 5.41) is 0. The first-order valence-electron chi connectivity index (χ1n) is 41.1. The molecule has 0 aliphatic carbocycles. The molecule has 0 bridgehead atoms. The number of aryl methyl sites for hydroxylation is 3. The fourth-order valence-electron chi connectivity index (χ4n) is 14.9. The minimum Gasteiger partial charge on any atom is -0.441 e. The summed E-state index contributed by atoms with van der Waals surface area (Å²) in [6.45, 7) is 6.12. The molecule has 15 heteroatoms. The van der Waals surface area contributed by atoms with E-state index in [1.165, 1.54) is 16.7 Å². The minimum absolute atomic E-state index is 0.617. The number of oxazole rings is 3. The fourth-order valence-corrected chi connectivity index (χ4v) is 14.9. The summed E-state index contributed by atoms with van der Waals surface area (Å²) >= 11 is 0. The summed E-state index contributed by atoms with van der Waals surface area (Å²) in [5.74, 6) is 7.92. The van der Waals surface area contributed by atoms with Gasteiger partial charge < -0.3 is 13.3 Å². The fraction of sp³-hybridized carbons (Fsp3) is 0.0556. The Hall–Kier alpha value is -16.3. The molecule has 0 radical (unpaired) electrons. The monoisotopic (exact) mass is 1590 g/mol. The van der Waals surface area contributed by atoms with Crippen molar-refractivity contribution in [3.63, 3.8) is 0 Å². The Labute approximate surface area is 711 Å². The maximum atomic E-state index is 5.84. The number of rotatable bonds is 18. The lowest BCUT2D eigenvalue weighted by atomic mass is 9.98.